The van der Waals surface area contributed by atoms with Crippen molar-refractivity contribution in [2.45, 2.75) is 89.9 Å². The molecule has 0 saturated carbocycles. The SMILES string of the molecule is NC(=O)CCCCC(=O)NCCCCCCCCCCCCO. The normalized spacial score (nSPS) is 10.7. The van der Waals surface area contributed by atoms with Crippen LogP contribution in [0.4, 0.5) is 0 Å². The van der Waals surface area contributed by atoms with Gasteiger partial charge in [0.05, 0.1) is 0 Å². The summed E-state index contributed by atoms with van der Waals surface area (Å²) in [6, 6.07) is 0. The van der Waals surface area contributed by atoms with Gasteiger partial charge in [0.15, 0.2) is 0 Å². The van der Waals surface area contributed by atoms with Crippen LogP contribution in [0.5, 0.6) is 0 Å². The van der Waals surface area contributed by atoms with E-state index in [0.29, 0.717) is 25.9 Å². The van der Waals surface area contributed by atoms with Gasteiger partial charge in [0, 0.05) is 26.0 Å². The van der Waals surface area contributed by atoms with Gasteiger partial charge in [-0.3, -0.25) is 9.59 Å². The number of primary amides is 1. The summed E-state index contributed by atoms with van der Waals surface area (Å²) in [7, 11) is 0. The molecule has 23 heavy (non-hydrogen) atoms. The Labute approximate surface area is 141 Å². The fourth-order valence-electron chi connectivity index (χ4n) is 2.55. The van der Waals surface area contributed by atoms with Crippen LogP contribution in [0.15, 0.2) is 0 Å². The van der Waals surface area contributed by atoms with Crippen LogP contribution in [0.1, 0.15) is 89.9 Å². The highest BCUT2D eigenvalue weighted by Gasteiger charge is 2.01. The first kappa shape index (κ1) is 21.9. The number of aliphatic hydroxyl groups excluding tert-OH is 1. The molecule has 0 aliphatic heterocycles. The van der Waals surface area contributed by atoms with Crippen molar-refractivity contribution in [2.24, 2.45) is 5.73 Å². The van der Waals surface area contributed by atoms with Crippen molar-refractivity contribution in [1.82, 2.24) is 5.32 Å². The van der Waals surface area contributed by atoms with Gasteiger partial charge in [-0.15, -0.1) is 0 Å². The summed E-state index contributed by atoms with van der Waals surface area (Å²) in [6.07, 6.45) is 14.2. The number of nitrogens with one attached hydrogen (secondary N) is 1. The molecule has 0 atom stereocenters. The molecule has 5 heteroatoms. The van der Waals surface area contributed by atoms with Crippen LogP contribution in [0.2, 0.25) is 0 Å². The van der Waals surface area contributed by atoms with E-state index in [0.717, 1.165) is 32.2 Å². The minimum absolute atomic E-state index is 0.0809. The second-order valence-corrected chi connectivity index (χ2v) is 6.28. The second-order valence-electron chi connectivity index (χ2n) is 6.28. The van der Waals surface area contributed by atoms with E-state index in [2.05, 4.69) is 5.32 Å². The molecule has 0 saturated heterocycles. The van der Waals surface area contributed by atoms with Crippen LogP contribution >= 0.6 is 0 Å². The van der Waals surface area contributed by atoms with E-state index in [-0.39, 0.29) is 11.8 Å². The van der Waals surface area contributed by atoms with Gasteiger partial charge in [0.1, 0.15) is 0 Å². The molecule has 2 amide bonds. The van der Waals surface area contributed by atoms with Crippen LogP contribution in [0.25, 0.3) is 0 Å². The Kier molecular flexibility index (Phi) is 16.4. The van der Waals surface area contributed by atoms with Crippen LogP contribution in [-0.4, -0.2) is 30.1 Å². The summed E-state index contributed by atoms with van der Waals surface area (Å²) >= 11 is 0. The molecule has 4 N–H and O–H groups in total. The lowest BCUT2D eigenvalue weighted by molar-refractivity contribution is -0.122. The van der Waals surface area contributed by atoms with Crippen molar-refractivity contribution in [3.63, 3.8) is 0 Å². The van der Waals surface area contributed by atoms with E-state index in [9.17, 15) is 9.59 Å². The predicted molar refractivity (Wildman–Crippen MR) is 93.9 cm³/mol. The zero-order valence-electron chi connectivity index (χ0n) is 14.7. The predicted octanol–water partition coefficient (Wildman–Crippen LogP) is 3.04. The topological polar surface area (TPSA) is 92.4 Å². The highest BCUT2D eigenvalue weighted by molar-refractivity contribution is 5.76. The number of nitrogens with two attached hydrogens (primary N) is 1. The van der Waals surface area contributed by atoms with Crippen LogP contribution < -0.4 is 11.1 Å². The quantitative estimate of drug-likeness (QED) is 0.358. The van der Waals surface area contributed by atoms with Crippen molar-refractivity contribution < 1.29 is 14.7 Å². The first-order chi connectivity index (χ1) is 11.2. The zero-order valence-corrected chi connectivity index (χ0v) is 14.7. The van der Waals surface area contributed by atoms with Crippen molar-refractivity contribution in [3.05, 3.63) is 0 Å². The van der Waals surface area contributed by atoms with Gasteiger partial charge >= 0.3 is 0 Å². The number of carbonyl (C=O) groups is 2. The Hall–Kier alpha value is -1.10. The van der Waals surface area contributed by atoms with Crippen molar-refractivity contribution in [3.8, 4) is 0 Å². The molecule has 0 unspecified atom stereocenters. The summed E-state index contributed by atoms with van der Waals surface area (Å²) in [5.41, 5.74) is 5.04. The maximum Gasteiger partial charge on any atom is 0.219 e. The van der Waals surface area contributed by atoms with Crippen molar-refractivity contribution in [1.29, 1.82) is 0 Å². The number of hydrogen-bond acceptors (Lipinski definition) is 3. The third-order valence-corrected chi connectivity index (χ3v) is 3.98. The Bertz CT molecular complexity index is 296. The largest absolute Gasteiger partial charge is 0.396 e. The average molecular weight is 328 g/mol. The molecule has 0 spiro atoms. The molecule has 0 aliphatic carbocycles. The third kappa shape index (κ3) is 18.9. The monoisotopic (exact) mass is 328 g/mol. The van der Waals surface area contributed by atoms with E-state index in [1.807, 2.05) is 0 Å². The highest BCUT2D eigenvalue weighted by atomic mass is 16.2. The molecule has 0 heterocycles. The van der Waals surface area contributed by atoms with Gasteiger partial charge < -0.3 is 16.2 Å². The molecule has 5 nitrogen and oxygen atoms in total. The number of carbonyl (C=O) groups excluding carboxylic acids is 2. The maximum absolute atomic E-state index is 11.5. The fourth-order valence-corrected chi connectivity index (χ4v) is 2.55. The summed E-state index contributed by atoms with van der Waals surface area (Å²) < 4.78 is 0. The second kappa shape index (κ2) is 17.3. The van der Waals surface area contributed by atoms with Gasteiger partial charge in [0.2, 0.25) is 11.8 Å². The molecule has 136 valence electrons. The standard InChI is InChI=1S/C18H36N2O3/c19-17(22)13-9-10-14-18(23)20-15-11-7-5-3-1-2-4-6-8-12-16-21/h21H,1-16H2,(H2,19,22)(H,20,23). The summed E-state index contributed by atoms with van der Waals surface area (Å²) in [4.78, 5) is 22.1. The number of rotatable bonds is 17. The summed E-state index contributed by atoms with van der Waals surface area (Å²) in [5.74, 6) is -0.215. The number of hydrogen-bond donors (Lipinski definition) is 3. The Morgan fingerprint density at radius 1 is 0.696 bits per heavy atom. The molecule has 0 aromatic heterocycles. The van der Waals surface area contributed by atoms with Crippen LogP contribution in [0.3, 0.4) is 0 Å². The Balaban J connectivity index is 3.14. The average Bonchev–Trinajstić information content (AvgIpc) is 2.52. The lowest BCUT2D eigenvalue weighted by atomic mass is 10.1. The molecule has 0 rings (SSSR count). The van der Waals surface area contributed by atoms with E-state index in [1.165, 1.54) is 44.9 Å². The molecule has 0 fully saturated rings. The molecule has 0 bridgehead atoms. The van der Waals surface area contributed by atoms with Crippen LogP contribution in [0, 0.1) is 0 Å². The first-order valence-corrected chi connectivity index (χ1v) is 9.32. The minimum Gasteiger partial charge on any atom is -0.396 e. The maximum atomic E-state index is 11.5. The van der Waals surface area contributed by atoms with Crippen LogP contribution in [-0.2, 0) is 9.59 Å². The van der Waals surface area contributed by atoms with Gasteiger partial charge in [-0.05, 0) is 25.7 Å². The Morgan fingerprint density at radius 2 is 1.17 bits per heavy atom. The number of unbranched alkanes of at least 4 members (excludes halogenated alkanes) is 10. The van der Waals surface area contributed by atoms with Crippen molar-refractivity contribution >= 4 is 11.8 Å². The summed E-state index contributed by atoms with van der Waals surface area (Å²) in [6.45, 7) is 1.08. The van der Waals surface area contributed by atoms with Crippen molar-refractivity contribution in [2.75, 3.05) is 13.2 Å². The minimum atomic E-state index is -0.296. The van der Waals surface area contributed by atoms with Gasteiger partial charge in [-0.1, -0.05) is 51.4 Å². The van der Waals surface area contributed by atoms with E-state index >= 15 is 0 Å². The molecular formula is C18H36N2O3. The third-order valence-electron chi connectivity index (χ3n) is 3.98. The van der Waals surface area contributed by atoms with E-state index < -0.39 is 0 Å². The molecule has 0 aliphatic rings. The summed E-state index contributed by atoms with van der Waals surface area (Å²) in [5, 5.41) is 11.6. The van der Waals surface area contributed by atoms with E-state index in [4.69, 9.17) is 10.8 Å². The highest BCUT2D eigenvalue weighted by Crippen LogP contribution is 2.10. The van der Waals surface area contributed by atoms with Gasteiger partial charge in [-0.2, -0.15) is 0 Å². The Morgan fingerprint density at radius 3 is 1.70 bits per heavy atom. The first-order valence-electron chi connectivity index (χ1n) is 9.32. The number of aliphatic hydroxyl groups is 1. The van der Waals surface area contributed by atoms with Gasteiger partial charge in [0.25, 0.3) is 0 Å². The zero-order chi connectivity index (χ0) is 17.2. The molecule has 0 aromatic rings. The van der Waals surface area contributed by atoms with E-state index in [1.54, 1.807) is 0 Å². The molecular weight excluding hydrogens is 292 g/mol. The lowest BCUT2D eigenvalue weighted by Gasteiger charge is -2.05. The molecule has 0 aromatic carbocycles. The van der Waals surface area contributed by atoms with Gasteiger partial charge in [-0.25, -0.2) is 0 Å². The fraction of sp³-hybridized carbons (Fsp3) is 0.889. The smallest absolute Gasteiger partial charge is 0.219 e. The lowest BCUT2D eigenvalue weighted by Crippen LogP contribution is -2.24. The number of amides is 2. The molecule has 0 radical (unpaired) electrons.